The number of carbonyl (C=O) groups excluding carboxylic acids is 1. The van der Waals surface area contributed by atoms with E-state index in [4.69, 9.17) is 9.47 Å². The molecular formula is C21H27NO6. The smallest absolute Gasteiger partial charge is 0.223 e. The van der Waals surface area contributed by atoms with Gasteiger partial charge in [-0.1, -0.05) is 13.0 Å². The van der Waals surface area contributed by atoms with Crippen LogP contribution in [0, 0.1) is 0 Å². The number of aromatic hydroxyl groups is 3. The molecule has 0 bridgehead atoms. The number of nitrogens with zero attached hydrogens (tertiary/aromatic N) is 1. The molecule has 2 aromatic carbocycles. The first-order valence-corrected chi connectivity index (χ1v) is 9.12. The minimum absolute atomic E-state index is 0.0274. The third-order valence-electron chi connectivity index (χ3n) is 4.43. The van der Waals surface area contributed by atoms with Gasteiger partial charge in [-0.05, 0) is 48.2 Å². The molecule has 0 unspecified atom stereocenters. The summed E-state index contributed by atoms with van der Waals surface area (Å²) in [5, 5.41) is 29.0. The lowest BCUT2D eigenvalue weighted by molar-refractivity contribution is -0.131. The first kappa shape index (κ1) is 21.2. The first-order chi connectivity index (χ1) is 13.4. The maximum atomic E-state index is 12.7. The van der Waals surface area contributed by atoms with Crippen LogP contribution in [-0.2, 0) is 17.8 Å². The number of phenols is 3. The third-order valence-corrected chi connectivity index (χ3v) is 4.43. The second kappa shape index (κ2) is 9.73. The third kappa shape index (κ3) is 5.22. The zero-order valence-electron chi connectivity index (χ0n) is 16.4. The standard InChI is InChI=1S/C21H27NO6/c1-4-9-22(13-15-11-18(27-2)21(26)19(12-15)28-3)20(25)8-6-14-5-7-16(23)17(24)10-14/h5,7,10-12,23-24,26H,4,6,8-9,13H2,1-3H3. The Morgan fingerprint density at radius 3 is 2.14 bits per heavy atom. The van der Waals surface area contributed by atoms with Crippen LogP contribution in [0.3, 0.4) is 0 Å². The number of ether oxygens (including phenoxy) is 2. The van der Waals surface area contributed by atoms with Crippen molar-refractivity contribution in [2.75, 3.05) is 20.8 Å². The molecule has 0 heterocycles. The Hall–Kier alpha value is -3.09. The fourth-order valence-corrected chi connectivity index (χ4v) is 2.96. The zero-order chi connectivity index (χ0) is 20.7. The van der Waals surface area contributed by atoms with E-state index in [1.807, 2.05) is 6.92 Å². The fraction of sp³-hybridized carbons (Fsp3) is 0.381. The average Bonchev–Trinajstić information content (AvgIpc) is 2.69. The van der Waals surface area contributed by atoms with Crippen molar-refractivity contribution in [3.63, 3.8) is 0 Å². The summed E-state index contributed by atoms with van der Waals surface area (Å²) in [6, 6.07) is 7.93. The lowest BCUT2D eigenvalue weighted by atomic mass is 10.1. The highest BCUT2D eigenvalue weighted by Gasteiger charge is 2.17. The van der Waals surface area contributed by atoms with Crippen LogP contribution in [-0.4, -0.2) is 46.9 Å². The summed E-state index contributed by atoms with van der Waals surface area (Å²) in [7, 11) is 2.92. The van der Waals surface area contributed by atoms with Crippen molar-refractivity contribution in [1.29, 1.82) is 0 Å². The molecule has 7 nitrogen and oxygen atoms in total. The lowest BCUT2D eigenvalue weighted by Crippen LogP contribution is -2.31. The topological polar surface area (TPSA) is 99.5 Å². The molecule has 0 saturated carbocycles. The molecule has 1 amide bonds. The van der Waals surface area contributed by atoms with Gasteiger partial charge in [0.2, 0.25) is 11.7 Å². The van der Waals surface area contributed by atoms with Gasteiger partial charge < -0.3 is 29.7 Å². The van der Waals surface area contributed by atoms with Gasteiger partial charge in [-0.3, -0.25) is 4.79 Å². The van der Waals surface area contributed by atoms with Crippen LogP contribution < -0.4 is 9.47 Å². The van der Waals surface area contributed by atoms with Crippen LogP contribution in [0.5, 0.6) is 28.7 Å². The number of carbonyl (C=O) groups is 1. The van der Waals surface area contributed by atoms with Crippen LogP contribution >= 0.6 is 0 Å². The van der Waals surface area contributed by atoms with Gasteiger partial charge >= 0.3 is 0 Å². The summed E-state index contributed by atoms with van der Waals surface area (Å²) < 4.78 is 10.4. The number of methoxy groups -OCH3 is 2. The molecule has 3 N–H and O–H groups in total. The first-order valence-electron chi connectivity index (χ1n) is 9.12. The maximum Gasteiger partial charge on any atom is 0.223 e. The van der Waals surface area contributed by atoms with Crippen molar-refractivity contribution in [3.05, 3.63) is 41.5 Å². The van der Waals surface area contributed by atoms with E-state index in [2.05, 4.69) is 0 Å². The quantitative estimate of drug-likeness (QED) is 0.570. The van der Waals surface area contributed by atoms with Gasteiger partial charge in [0, 0.05) is 19.5 Å². The number of phenolic OH excluding ortho intramolecular Hbond substituents is 3. The average molecular weight is 389 g/mol. The van der Waals surface area contributed by atoms with E-state index in [0.29, 0.717) is 19.5 Å². The molecule has 0 aliphatic carbocycles. The van der Waals surface area contributed by atoms with Gasteiger partial charge in [-0.25, -0.2) is 0 Å². The molecule has 0 spiro atoms. The van der Waals surface area contributed by atoms with Crippen molar-refractivity contribution < 1.29 is 29.6 Å². The predicted molar refractivity (Wildman–Crippen MR) is 105 cm³/mol. The van der Waals surface area contributed by atoms with Crippen molar-refractivity contribution in [3.8, 4) is 28.7 Å². The molecule has 0 aliphatic heterocycles. The minimum Gasteiger partial charge on any atom is -0.504 e. The highest BCUT2D eigenvalue weighted by molar-refractivity contribution is 5.76. The molecule has 7 heteroatoms. The van der Waals surface area contributed by atoms with E-state index >= 15 is 0 Å². The van der Waals surface area contributed by atoms with Crippen LogP contribution in [0.1, 0.15) is 30.9 Å². The molecule has 2 aromatic rings. The van der Waals surface area contributed by atoms with E-state index < -0.39 is 0 Å². The Morgan fingerprint density at radius 2 is 1.61 bits per heavy atom. The van der Waals surface area contributed by atoms with Crippen molar-refractivity contribution in [2.24, 2.45) is 0 Å². The molecule has 28 heavy (non-hydrogen) atoms. The van der Waals surface area contributed by atoms with Crippen molar-refractivity contribution in [1.82, 2.24) is 4.90 Å². The summed E-state index contributed by atoms with van der Waals surface area (Å²) in [6.45, 7) is 2.95. The number of hydrogen-bond donors (Lipinski definition) is 3. The Balaban J connectivity index is 2.11. The largest absolute Gasteiger partial charge is 0.504 e. The molecule has 0 fully saturated rings. The van der Waals surface area contributed by atoms with Crippen molar-refractivity contribution in [2.45, 2.75) is 32.7 Å². The monoisotopic (exact) mass is 389 g/mol. The second-order valence-corrected chi connectivity index (χ2v) is 6.49. The highest BCUT2D eigenvalue weighted by Crippen LogP contribution is 2.37. The summed E-state index contributed by atoms with van der Waals surface area (Å²) in [4.78, 5) is 14.5. The van der Waals surface area contributed by atoms with Crippen LogP contribution in [0.25, 0.3) is 0 Å². The number of aryl methyl sites for hydroxylation is 1. The molecule has 2 rings (SSSR count). The molecule has 152 valence electrons. The summed E-state index contributed by atoms with van der Waals surface area (Å²) in [6.07, 6.45) is 1.53. The fourth-order valence-electron chi connectivity index (χ4n) is 2.96. The lowest BCUT2D eigenvalue weighted by Gasteiger charge is -2.23. The van der Waals surface area contributed by atoms with Gasteiger partial charge in [-0.2, -0.15) is 0 Å². The summed E-state index contributed by atoms with van der Waals surface area (Å²) in [5.41, 5.74) is 1.56. The molecular weight excluding hydrogens is 362 g/mol. The number of amides is 1. The SMILES string of the molecule is CCCN(Cc1cc(OC)c(O)c(OC)c1)C(=O)CCc1ccc(O)c(O)c1. The molecule has 0 aliphatic rings. The van der Waals surface area contributed by atoms with Crippen LogP contribution in [0.15, 0.2) is 30.3 Å². The van der Waals surface area contributed by atoms with Gasteiger partial charge in [-0.15, -0.1) is 0 Å². The van der Waals surface area contributed by atoms with Crippen LogP contribution in [0.4, 0.5) is 0 Å². The number of benzene rings is 2. The maximum absolute atomic E-state index is 12.7. The summed E-state index contributed by atoms with van der Waals surface area (Å²) in [5.74, 6) is 0.0990. The summed E-state index contributed by atoms with van der Waals surface area (Å²) >= 11 is 0. The van der Waals surface area contributed by atoms with Gasteiger partial charge in [0.25, 0.3) is 0 Å². The molecule has 0 atom stereocenters. The zero-order valence-corrected chi connectivity index (χ0v) is 16.4. The van der Waals surface area contributed by atoms with E-state index in [9.17, 15) is 20.1 Å². The van der Waals surface area contributed by atoms with Gasteiger partial charge in [0.05, 0.1) is 14.2 Å². The van der Waals surface area contributed by atoms with E-state index in [1.54, 1.807) is 23.1 Å². The van der Waals surface area contributed by atoms with E-state index in [0.717, 1.165) is 17.5 Å². The van der Waals surface area contributed by atoms with Gasteiger partial charge in [0.15, 0.2) is 23.0 Å². The minimum atomic E-state index is -0.196. The Kier molecular flexibility index (Phi) is 7.37. The highest BCUT2D eigenvalue weighted by atomic mass is 16.5. The van der Waals surface area contributed by atoms with E-state index in [1.165, 1.54) is 26.4 Å². The van der Waals surface area contributed by atoms with E-state index in [-0.39, 0.29) is 41.1 Å². The van der Waals surface area contributed by atoms with Gasteiger partial charge in [0.1, 0.15) is 0 Å². The second-order valence-electron chi connectivity index (χ2n) is 6.49. The number of hydrogen-bond acceptors (Lipinski definition) is 6. The number of rotatable bonds is 9. The Labute approximate surface area is 164 Å². The molecule has 0 saturated heterocycles. The Morgan fingerprint density at radius 1 is 0.964 bits per heavy atom. The Bertz CT molecular complexity index is 796. The molecule has 0 aromatic heterocycles. The molecule has 0 radical (unpaired) electrons. The van der Waals surface area contributed by atoms with Crippen LogP contribution in [0.2, 0.25) is 0 Å². The predicted octanol–water partition coefficient (Wildman–Crippen LogP) is 3.19. The normalized spacial score (nSPS) is 10.5. The van der Waals surface area contributed by atoms with Crippen molar-refractivity contribution >= 4 is 5.91 Å².